The zero-order valence-electron chi connectivity index (χ0n) is 5.88. The fourth-order valence-corrected chi connectivity index (χ4v) is 0.552. The molecule has 0 fully saturated rings. The summed E-state index contributed by atoms with van der Waals surface area (Å²) >= 11 is 0. The summed E-state index contributed by atoms with van der Waals surface area (Å²) in [6.45, 7) is 2.17. The van der Waals surface area contributed by atoms with Crippen molar-refractivity contribution < 1.29 is 5.11 Å². The van der Waals surface area contributed by atoms with E-state index in [-0.39, 0.29) is 6.61 Å². The van der Waals surface area contributed by atoms with E-state index in [1.165, 1.54) is 0 Å². The van der Waals surface area contributed by atoms with Crippen molar-refractivity contribution in [2.75, 3.05) is 6.61 Å². The molecule has 0 atom stereocenters. The van der Waals surface area contributed by atoms with E-state index in [2.05, 4.69) is 6.08 Å². The molecule has 0 bridgehead atoms. The quantitative estimate of drug-likeness (QED) is 0.450. The predicted octanol–water partition coefficient (Wildman–Crippen LogP) is 1.89. The minimum Gasteiger partial charge on any atom is -0.392 e. The molecule has 0 aliphatic carbocycles. The Morgan fingerprint density at radius 2 is 1.78 bits per heavy atom. The van der Waals surface area contributed by atoms with E-state index in [0.717, 1.165) is 12.8 Å². The lowest BCUT2D eigenvalue weighted by atomic mass is 10.3. The standard InChI is InChI=1S/C8H14O/c1-2-3-4-5-6-7-8-9/h2-3,6-7,9H,4-5,8H2,1H3/b3-2?,7-6-. The lowest BCUT2D eigenvalue weighted by molar-refractivity contribution is 0.342. The van der Waals surface area contributed by atoms with Crippen LogP contribution in [0.3, 0.4) is 0 Å². The van der Waals surface area contributed by atoms with Gasteiger partial charge >= 0.3 is 0 Å². The van der Waals surface area contributed by atoms with Gasteiger partial charge in [0, 0.05) is 0 Å². The molecule has 0 aromatic heterocycles. The van der Waals surface area contributed by atoms with Gasteiger partial charge in [-0.2, -0.15) is 0 Å². The lowest BCUT2D eigenvalue weighted by Crippen LogP contribution is -1.70. The van der Waals surface area contributed by atoms with Crippen LogP contribution in [0.1, 0.15) is 19.8 Å². The Labute approximate surface area is 56.7 Å². The third-order valence-corrected chi connectivity index (χ3v) is 1.01. The van der Waals surface area contributed by atoms with Crippen molar-refractivity contribution in [1.29, 1.82) is 0 Å². The van der Waals surface area contributed by atoms with E-state index in [0.29, 0.717) is 0 Å². The van der Waals surface area contributed by atoms with Crippen LogP contribution in [0, 0.1) is 0 Å². The zero-order chi connectivity index (χ0) is 6.95. The molecule has 1 N–H and O–H groups in total. The van der Waals surface area contributed by atoms with Crippen molar-refractivity contribution in [3.63, 3.8) is 0 Å². The third-order valence-electron chi connectivity index (χ3n) is 1.01. The van der Waals surface area contributed by atoms with Crippen molar-refractivity contribution >= 4 is 0 Å². The Balaban J connectivity index is 2.99. The molecule has 0 saturated carbocycles. The van der Waals surface area contributed by atoms with Crippen molar-refractivity contribution in [2.45, 2.75) is 19.8 Å². The van der Waals surface area contributed by atoms with Gasteiger partial charge in [-0.3, -0.25) is 0 Å². The molecule has 0 saturated heterocycles. The predicted molar refractivity (Wildman–Crippen MR) is 40.3 cm³/mol. The molecule has 0 aliphatic rings. The first-order valence-corrected chi connectivity index (χ1v) is 3.28. The summed E-state index contributed by atoms with van der Waals surface area (Å²) in [6, 6.07) is 0. The molecular weight excluding hydrogens is 112 g/mol. The van der Waals surface area contributed by atoms with Gasteiger partial charge in [-0.15, -0.1) is 0 Å². The van der Waals surface area contributed by atoms with Crippen LogP contribution in [0.25, 0.3) is 0 Å². The van der Waals surface area contributed by atoms with Gasteiger partial charge in [0.1, 0.15) is 0 Å². The van der Waals surface area contributed by atoms with E-state index >= 15 is 0 Å². The number of hydrogen-bond donors (Lipinski definition) is 1. The normalized spacial score (nSPS) is 11.8. The highest BCUT2D eigenvalue weighted by Gasteiger charge is 1.72. The Morgan fingerprint density at radius 1 is 1.11 bits per heavy atom. The first-order valence-electron chi connectivity index (χ1n) is 3.28. The number of aliphatic hydroxyl groups excluding tert-OH is 1. The van der Waals surface area contributed by atoms with E-state index in [9.17, 15) is 0 Å². The Morgan fingerprint density at radius 3 is 2.33 bits per heavy atom. The van der Waals surface area contributed by atoms with Gasteiger partial charge in [0.15, 0.2) is 0 Å². The number of unbranched alkanes of at least 4 members (excludes halogenated alkanes) is 1. The summed E-state index contributed by atoms with van der Waals surface area (Å²) in [4.78, 5) is 0. The van der Waals surface area contributed by atoms with Crippen molar-refractivity contribution in [2.24, 2.45) is 0 Å². The van der Waals surface area contributed by atoms with E-state index in [1.54, 1.807) is 6.08 Å². The maximum atomic E-state index is 8.32. The molecule has 1 heteroatoms. The van der Waals surface area contributed by atoms with Crippen molar-refractivity contribution in [3.8, 4) is 0 Å². The molecule has 0 spiro atoms. The van der Waals surface area contributed by atoms with Crippen LogP contribution < -0.4 is 0 Å². The van der Waals surface area contributed by atoms with Crippen molar-refractivity contribution in [3.05, 3.63) is 24.3 Å². The van der Waals surface area contributed by atoms with Gasteiger partial charge < -0.3 is 5.11 Å². The van der Waals surface area contributed by atoms with Gasteiger partial charge in [0.05, 0.1) is 6.61 Å². The molecule has 0 heterocycles. The zero-order valence-corrected chi connectivity index (χ0v) is 5.88. The molecule has 52 valence electrons. The molecule has 1 nitrogen and oxygen atoms in total. The highest BCUT2D eigenvalue weighted by molar-refractivity contribution is 4.85. The molecule has 0 radical (unpaired) electrons. The first kappa shape index (κ1) is 8.44. The molecule has 0 unspecified atom stereocenters. The summed E-state index contributed by atoms with van der Waals surface area (Å²) in [5.41, 5.74) is 0. The topological polar surface area (TPSA) is 20.2 Å². The largest absolute Gasteiger partial charge is 0.392 e. The fraction of sp³-hybridized carbons (Fsp3) is 0.500. The minimum absolute atomic E-state index is 0.163. The summed E-state index contributed by atoms with van der Waals surface area (Å²) in [6.07, 6.45) is 10.0. The van der Waals surface area contributed by atoms with Crippen LogP contribution in [-0.2, 0) is 0 Å². The lowest BCUT2D eigenvalue weighted by Gasteiger charge is -1.83. The highest BCUT2D eigenvalue weighted by atomic mass is 16.2. The molecule has 0 aromatic carbocycles. The van der Waals surface area contributed by atoms with Crippen LogP contribution in [0.5, 0.6) is 0 Å². The van der Waals surface area contributed by atoms with E-state index in [1.807, 2.05) is 19.1 Å². The second kappa shape index (κ2) is 7.44. The van der Waals surface area contributed by atoms with Gasteiger partial charge in [-0.1, -0.05) is 24.3 Å². The van der Waals surface area contributed by atoms with Crippen molar-refractivity contribution in [1.82, 2.24) is 0 Å². The smallest absolute Gasteiger partial charge is 0.0612 e. The Bertz CT molecular complexity index is 92.7. The van der Waals surface area contributed by atoms with Crippen LogP contribution >= 0.6 is 0 Å². The van der Waals surface area contributed by atoms with E-state index < -0.39 is 0 Å². The number of allylic oxidation sites excluding steroid dienone is 3. The maximum absolute atomic E-state index is 8.32. The third kappa shape index (κ3) is 7.44. The van der Waals surface area contributed by atoms with E-state index in [4.69, 9.17) is 5.11 Å². The molecule has 0 amide bonds. The number of hydrogen-bond acceptors (Lipinski definition) is 1. The summed E-state index contributed by atoms with van der Waals surface area (Å²) < 4.78 is 0. The molecule has 9 heavy (non-hydrogen) atoms. The number of rotatable bonds is 4. The van der Waals surface area contributed by atoms with Crippen LogP contribution in [0.4, 0.5) is 0 Å². The van der Waals surface area contributed by atoms with Crippen LogP contribution in [0.2, 0.25) is 0 Å². The molecule has 0 aliphatic heterocycles. The second-order valence-corrected chi connectivity index (χ2v) is 1.80. The van der Waals surface area contributed by atoms with Gasteiger partial charge in [-0.25, -0.2) is 0 Å². The summed E-state index contributed by atoms with van der Waals surface area (Å²) in [5.74, 6) is 0. The molecule has 0 aromatic rings. The average Bonchev–Trinajstić information content (AvgIpc) is 1.89. The van der Waals surface area contributed by atoms with Crippen LogP contribution in [-0.4, -0.2) is 11.7 Å². The van der Waals surface area contributed by atoms with Gasteiger partial charge in [-0.05, 0) is 19.8 Å². The highest BCUT2D eigenvalue weighted by Crippen LogP contribution is 1.91. The SMILES string of the molecule is CC=CCC/C=C\CO. The molecule has 0 rings (SSSR count). The second-order valence-electron chi connectivity index (χ2n) is 1.80. The molecular formula is C8H14O. The van der Waals surface area contributed by atoms with Crippen LogP contribution in [0.15, 0.2) is 24.3 Å². The fourth-order valence-electron chi connectivity index (χ4n) is 0.552. The summed E-state index contributed by atoms with van der Waals surface area (Å²) in [7, 11) is 0. The summed E-state index contributed by atoms with van der Waals surface area (Å²) in [5, 5.41) is 8.32. The maximum Gasteiger partial charge on any atom is 0.0612 e. The number of aliphatic hydroxyl groups is 1. The average molecular weight is 126 g/mol. The first-order chi connectivity index (χ1) is 4.41. The Hall–Kier alpha value is -0.560. The monoisotopic (exact) mass is 126 g/mol. The Kier molecular flexibility index (Phi) is 6.98. The minimum atomic E-state index is 0.163. The van der Waals surface area contributed by atoms with Gasteiger partial charge in [0.25, 0.3) is 0 Å². The van der Waals surface area contributed by atoms with Gasteiger partial charge in [0.2, 0.25) is 0 Å².